The standard InChI is InChI=1S/C19H20FNO5S/c1-12(6-7-13-4-3-5-15(20)8-13)18(22)21-16-9-14(19(23)24)10-17(11-16)27(2,25)26/h3-5,8-12H,6-7H2,1-2H3,(H,21,22)(H,23,24). The minimum Gasteiger partial charge on any atom is -0.478 e. The third-order valence-corrected chi connectivity index (χ3v) is 5.14. The van der Waals surface area contributed by atoms with E-state index in [1.54, 1.807) is 19.1 Å². The van der Waals surface area contributed by atoms with Gasteiger partial charge in [0.2, 0.25) is 5.91 Å². The molecule has 1 amide bonds. The van der Waals surface area contributed by atoms with E-state index in [2.05, 4.69) is 5.32 Å². The van der Waals surface area contributed by atoms with Crippen molar-refractivity contribution in [1.82, 2.24) is 0 Å². The van der Waals surface area contributed by atoms with Crippen LogP contribution in [0.4, 0.5) is 10.1 Å². The third-order valence-electron chi connectivity index (χ3n) is 4.05. The molecule has 0 heterocycles. The van der Waals surface area contributed by atoms with E-state index in [1.165, 1.54) is 24.3 Å². The molecule has 27 heavy (non-hydrogen) atoms. The molecule has 2 N–H and O–H groups in total. The summed E-state index contributed by atoms with van der Waals surface area (Å²) >= 11 is 0. The first-order chi connectivity index (χ1) is 12.6. The fourth-order valence-corrected chi connectivity index (χ4v) is 3.16. The Morgan fingerprint density at radius 2 is 1.89 bits per heavy atom. The number of carbonyl (C=O) groups excluding carboxylic acids is 1. The average molecular weight is 393 g/mol. The summed E-state index contributed by atoms with van der Waals surface area (Å²) in [5.41, 5.74) is 0.625. The molecule has 2 rings (SSSR count). The maximum Gasteiger partial charge on any atom is 0.335 e. The first-order valence-electron chi connectivity index (χ1n) is 8.20. The molecule has 2 aromatic carbocycles. The number of aromatic carboxylic acids is 1. The lowest BCUT2D eigenvalue weighted by Crippen LogP contribution is -2.21. The number of amides is 1. The van der Waals surface area contributed by atoms with Gasteiger partial charge in [-0.15, -0.1) is 0 Å². The number of carbonyl (C=O) groups is 2. The predicted molar refractivity (Wildman–Crippen MR) is 99.0 cm³/mol. The molecule has 6 nitrogen and oxygen atoms in total. The molecule has 2 aromatic rings. The zero-order chi connectivity index (χ0) is 20.2. The fraction of sp³-hybridized carbons (Fsp3) is 0.263. The Bertz CT molecular complexity index is 972. The van der Waals surface area contributed by atoms with Crippen molar-refractivity contribution in [3.05, 3.63) is 59.4 Å². The maximum atomic E-state index is 13.2. The Kier molecular flexibility index (Phi) is 6.32. The van der Waals surface area contributed by atoms with Gasteiger partial charge in [-0.05, 0) is 48.7 Å². The van der Waals surface area contributed by atoms with Crippen molar-refractivity contribution in [2.75, 3.05) is 11.6 Å². The maximum absolute atomic E-state index is 13.2. The summed E-state index contributed by atoms with van der Waals surface area (Å²) in [6, 6.07) is 9.57. The van der Waals surface area contributed by atoms with Gasteiger partial charge in [0.1, 0.15) is 5.82 Å². The predicted octanol–water partition coefficient (Wildman–Crippen LogP) is 3.13. The molecule has 1 atom stereocenters. The summed E-state index contributed by atoms with van der Waals surface area (Å²) in [6.45, 7) is 1.69. The van der Waals surface area contributed by atoms with Crippen LogP contribution < -0.4 is 5.32 Å². The number of anilines is 1. The number of sulfone groups is 1. The molecule has 0 saturated carbocycles. The van der Waals surface area contributed by atoms with E-state index < -0.39 is 21.7 Å². The number of aryl methyl sites for hydroxylation is 1. The Morgan fingerprint density at radius 3 is 2.48 bits per heavy atom. The summed E-state index contributed by atoms with van der Waals surface area (Å²) in [4.78, 5) is 23.4. The lowest BCUT2D eigenvalue weighted by molar-refractivity contribution is -0.119. The third kappa shape index (κ3) is 5.89. The van der Waals surface area contributed by atoms with Crippen LogP contribution in [0, 0.1) is 11.7 Å². The number of carboxylic acids is 1. The first-order valence-corrected chi connectivity index (χ1v) is 10.1. The van der Waals surface area contributed by atoms with Crippen LogP contribution in [0.3, 0.4) is 0 Å². The largest absolute Gasteiger partial charge is 0.478 e. The lowest BCUT2D eigenvalue weighted by Gasteiger charge is -2.13. The van der Waals surface area contributed by atoms with Gasteiger partial charge >= 0.3 is 5.97 Å². The second kappa shape index (κ2) is 8.30. The monoisotopic (exact) mass is 393 g/mol. The van der Waals surface area contributed by atoms with Gasteiger partial charge in [-0.25, -0.2) is 17.6 Å². The quantitative estimate of drug-likeness (QED) is 0.753. The summed E-state index contributed by atoms with van der Waals surface area (Å²) in [7, 11) is -3.64. The van der Waals surface area contributed by atoms with Crippen LogP contribution in [-0.4, -0.2) is 31.7 Å². The summed E-state index contributed by atoms with van der Waals surface area (Å²) in [5.74, 6) is -2.46. The summed E-state index contributed by atoms with van der Waals surface area (Å²) < 4.78 is 36.7. The van der Waals surface area contributed by atoms with Crippen LogP contribution in [0.5, 0.6) is 0 Å². The molecule has 0 fully saturated rings. The van der Waals surface area contributed by atoms with E-state index in [4.69, 9.17) is 5.11 Å². The number of rotatable bonds is 7. The second-order valence-electron chi connectivity index (χ2n) is 6.38. The Morgan fingerprint density at radius 1 is 1.19 bits per heavy atom. The van der Waals surface area contributed by atoms with Crippen molar-refractivity contribution in [3.63, 3.8) is 0 Å². The SMILES string of the molecule is CC(CCc1cccc(F)c1)C(=O)Nc1cc(C(=O)O)cc(S(C)(=O)=O)c1. The van der Waals surface area contributed by atoms with Crippen LogP contribution in [0.15, 0.2) is 47.4 Å². The van der Waals surface area contributed by atoms with E-state index in [0.29, 0.717) is 12.8 Å². The van der Waals surface area contributed by atoms with E-state index >= 15 is 0 Å². The zero-order valence-corrected chi connectivity index (χ0v) is 15.7. The van der Waals surface area contributed by atoms with Crippen LogP contribution in [0.25, 0.3) is 0 Å². The second-order valence-corrected chi connectivity index (χ2v) is 8.40. The number of carboxylic acid groups (broad SMARTS) is 1. The zero-order valence-electron chi connectivity index (χ0n) is 14.9. The van der Waals surface area contributed by atoms with Gasteiger partial charge in [-0.1, -0.05) is 19.1 Å². The number of hydrogen-bond acceptors (Lipinski definition) is 4. The molecule has 0 radical (unpaired) electrons. The number of nitrogens with one attached hydrogen (secondary N) is 1. The molecule has 0 spiro atoms. The van der Waals surface area contributed by atoms with E-state index in [9.17, 15) is 22.4 Å². The van der Waals surface area contributed by atoms with Crippen molar-refractivity contribution in [2.24, 2.45) is 5.92 Å². The normalized spacial score (nSPS) is 12.4. The van der Waals surface area contributed by atoms with E-state index in [-0.39, 0.29) is 27.9 Å². The Labute approximate surface area is 157 Å². The fourth-order valence-electron chi connectivity index (χ4n) is 2.48. The Balaban J connectivity index is 2.11. The summed E-state index contributed by atoms with van der Waals surface area (Å²) in [6.07, 6.45) is 1.91. The molecule has 1 unspecified atom stereocenters. The van der Waals surface area contributed by atoms with Crippen LogP contribution in [-0.2, 0) is 21.1 Å². The van der Waals surface area contributed by atoms with Gasteiger partial charge in [0.05, 0.1) is 10.5 Å². The van der Waals surface area contributed by atoms with Gasteiger partial charge in [-0.3, -0.25) is 4.79 Å². The molecule has 0 aliphatic carbocycles. The minimum absolute atomic E-state index is 0.0953. The highest BCUT2D eigenvalue weighted by Gasteiger charge is 2.17. The molecule has 0 aromatic heterocycles. The number of halogens is 1. The lowest BCUT2D eigenvalue weighted by atomic mass is 10.00. The molecule has 144 valence electrons. The minimum atomic E-state index is -3.64. The van der Waals surface area contributed by atoms with Crippen molar-refractivity contribution in [3.8, 4) is 0 Å². The molecule has 0 bridgehead atoms. The van der Waals surface area contributed by atoms with Gasteiger partial charge in [0, 0.05) is 17.9 Å². The molecule has 0 aliphatic heterocycles. The summed E-state index contributed by atoms with van der Waals surface area (Å²) in [5, 5.41) is 11.7. The van der Waals surface area contributed by atoms with Crippen molar-refractivity contribution >= 4 is 27.4 Å². The van der Waals surface area contributed by atoms with Crippen molar-refractivity contribution in [2.45, 2.75) is 24.7 Å². The molecule has 8 heteroatoms. The van der Waals surface area contributed by atoms with Gasteiger partial charge in [-0.2, -0.15) is 0 Å². The molecular weight excluding hydrogens is 373 g/mol. The van der Waals surface area contributed by atoms with E-state index in [0.717, 1.165) is 17.9 Å². The highest BCUT2D eigenvalue weighted by molar-refractivity contribution is 7.90. The van der Waals surface area contributed by atoms with Crippen molar-refractivity contribution in [1.29, 1.82) is 0 Å². The molecular formula is C19H20FNO5S. The van der Waals surface area contributed by atoms with Crippen LogP contribution >= 0.6 is 0 Å². The van der Waals surface area contributed by atoms with Gasteiger partial charge < -0.3 is 10.4 Å². The van der Waals surface area contributed by atoms with Gasteiger partial charge in [0.15, 0.2) is 9.84 Å². The highest BCUT2D eigenvalue weighted by Crippen LogP contribution is 2.21. The topological polar surface area (TPSA) is 101 Å². The average Bonchev–Trinajstić information content (AvgIpc) is 2.58. The van der Waals surface area contributed by atoms with E-state index in [1.807, 2.05) is 0 Å². The highest BCUT2D eigenvalue weighted by atomic mass is 32.2. The van der Waals surface area contributed by atoms with Crippen LogP contribution in [0.2, 0.25) is 0 Å². The first kappa shape index (κ1) is 20.6. The number of hydrogen-bond donors (Lipinski definition) is 2. The molecule has 0 saturated heterocycles. The number of benzene rings is 2. The Hall–Kier alpha value is -2.74. The van der Waals surface area contributed by atoms with Crippen molar-refractivity contribution < 1.29 is 27.5 Å². The molecule has 0 aliphatic rings. The van der Waals surface area contributed by atoms with Gasteiger partial charge in [0.25, 0.3) is 0 Å². The smallest absolute Gasteiger partial charge is 0.335 e. The van der Waals surface area contributed by atoms with Crippen LogP contribution in [0.1, 0.15) is 29.3 Å².